The van der Waals surface area contributed by atoms with Gasteiger partial charge in [-0.3, -0.25) is 4.79 Å². The zero-order valence-electron chi connectivity index (χ0n) is 10.8. The Morgan fingerprint density at radius 1 is 1.26 bits per heavy atom. The lowest BCUT2D eigenvalue weighted by atomic mass is 9.76. The summed E-state index contributed by atoms with van der Waals surface area (Å²) in [6.45, 7) is 2.27. The van der Waals surface area contributed by atoms with Crippen molar-refractivity contribution < 1.29 is 4.79 Å². The van der Waals surface area contributed by atoms with Crippen LogP contribution < -0.4 is 0 Å². The molecule has 0 amide bonds. The molecule has 0 saturated heterocycles. The third-order valence-electron chi connectivity index (χ3n) is 3.99. The van der Waals surface area contributed by atoms with Crippen LogP contribution in [0.5, 0.6) is 0 Å². The van der Waals surface area contributed by atoms with Crippen LogP contribution in [0.4, 0.5) is 0 Å². The molecule has 1 aliphatic rings. The summed E-state index contributed by atoms with van der Waals surface area (Å²) in [6.07, 6.45) is 4.96. The summed E-state index contributed by atoms with van der Waals surface area (Å²) in [5.74, 6) is 0.836. The molecule has 0 N–H and O–H groups in total. The Labute approximate surface area is 129 Å². The van der Waals surface area contributed by atoms with Gasteiger partial charge < -0.3 is 0 Å². The van der Waals surface area contributed by atoms with Crippen LogP contribution in [-0.4, -0.2) is 10.6 Å². The third-order valence-corrected chi connectivity index (χ3v) is 4.72. The van der Waals surface area contributed by atoms with E-state index in [4.69, 9.17) is 34.8 Å². The van der Waals surface area contributed by atoms with Gasteiger partial charge in [0.25, 0.3) is 0 Å². The zero-order chi connectivity index (χ0) is 14.0. The maximum Gasteiger partial charge on any atom is 0.195 e. The predicted octanol–water partition coefficient (Wildman–Crippen LogP) is 5.62. The molecule has 2 rings (SSSR count). The summed E-state index contributed by atoms with van der Waals surface area (Å²) >= 11 is 17.5. The number of hydrogen-bond acceptors (Lipinski definition) is 1. The average Bonchev–Trinajstić information content (AvgIpc) is 2.38. The third kappa shape index (κ3) is 3.45. The Morgan fingerprint density at radius 3 is 2.53 bits per heavy atom. The fourth-order valence-electron chi connectivity index (χ4n) is 2.89. The molecule has 1 fully saturated rings. The van der Waals surface area contributed by atoms with Crippen LogP contribution in [0.3, 0.4) is 0 Å². The molecule has 0 radical (unpaired) electrons. The molecule has 1 nitrogen and oxygen atoms in total. The van der Waals surface area contributed by atoms with E-state index in [0.29, 0.717) is 22.4 Å². The van der Waals surface area contributed by atoms with E-state index in [1.54, 1.807) is 12.1 Å². The summed E-state index contributed by atoms with van der Waals surface area (Å²) in [5, 5.41) is 0.651. The first-order valence-corrected chi connectivity index (χ1v) is 7.87. The monoisotopic (exact) mass is 318 g/mol. The van der Waals surface area contributed by atoms with Crippen molar-refractivity contribution in [2.24, 2.45) is 5.92 Å². The van der Waals surface area contributed by atoms with E-state index in [1.807, 2.05) is 6.07 Å². The van der Waals surface area contributed by atoms with Crippen LogP contribution in [0.15, 0.2) is 18.2 Å². The van der Waals surface area contributed by atoms with Gasteiger partial charge in [-0.05, 0) is 29.9 Å². The Bertz CT molecular complexity index is 470. The summed E-state index contributed by atoms with van der Waals surface area (Å²) in [6, 6.07) is 5.43. The first kappa shape index (κ1) is 15.2. The van der Waals surface area contributed by atoms with Gasteiger partial charge in [0.15, 0.2) is 10.6 Å². The van der Waals surface area contributed by atoms with Gasteiger partial charge in [0.05, 0.1) is 0 Å². The second-order valence-electron chi connectivity index (χ2n) is 5.27. The van der Waals surface area contributed by atoms with E-state index in [1.165, 1.54) is 25.7 Å². The topological polar surface area (TPSA) is 17.1 Å². The first-order chi connectivity index (χ1) is 9.00. The molecule has 0 heterocycles. The maximum absolute atomic E-state index is 11.7. The number of rotatable bonds is 3. The highest BCUT2D eigenvalue weighted by molar-refractivity contribution is 6.55. The zero-order valence-corrected chi connectivity index (χ0v) is 13.1. The Balaban J connectivity index is 2.26. The van der Waals surface area contributed by atoms with Crippen molar-refractivity contribution in [1.29, 1.82) is 0 Å². The molecular weight excluding hydrogens is 303 g/mol. The molecule has 0 spiro atoms. The smallest absolute Gasteiger partial charge is 0.195 e. The standard InChI is InChI=1S/C15H17Cl3O/c1-9-4-2-3-5-11(9)12-7-6-10(8-13(12)16)14(19)15(17)18/h6-9,11,15H,2-5H2,1H3. The number of Topliss-reactive ketones (excluding diaryl/α,β-unsaturated/α-hetero) is 1. The lowest BCUT2D eigenvalue weighted by Gasteiger charge is -2.29. The highest BCUT2D eigenvalue weighted by Crippen LogP contribution is 2.40. The molecular formula is C15H17Cl3O. The summed E-state index contributed by atoms with van der Waals surface area (Å²) in [4.78, 5) is 10.7. The van der Waals surface area contributed by atoms with Gasteiger partial charge in [-0.2, -0.15) is 0 Å². The van der Waals surface area contributed by atoms with Gasteiger partial charge >= 0.3 is 0 Å². The van der Waals surface area contributed by atoms with E-state index >= 15 is 0 Å². The molecule has 1 aliphatic carbocycles. The number of ketones is 1. The number of hydrogen-bond donors (Lipinski definition) is 0. The number of halogens is 3. The van der Waals surface area contributed by atoms with Gasteiger partial charge in [-0.15, -0.1) is 0 Å². The van der Waals surface area contributed by atoms with Crippen molar-refractivity contribution in [3.63, 3.8) is 0 Å². The van der Waals surface area contributed by atoms with Gasteiger partial charge in [0.1, 0.15) is 0 Å². The Kier molecular flexibility index (Phi) is 5.16. The van der Waals surface area contributed by atoms with Crippen molar-refractivity contribution in [3.8, 4) is 0 Å². The highest BCUT2D eigenvalue weighted by Gasteiger charge is 2.25. The summed E-state index contributed by atoms with van der Waals surface area (Å²) in [7, 11) is 0. The minimum atomic E-state index is -1.03. The minimum Gasteiger partial charge on any atom is -0.291 e. The Hall–Kier alpha value is -0.240. The van der Waals surface area contributed by atoms with E-state index < -0.39 is 4.84 Å². The van der Waals surface area contributed by atoms with Crippen LogP contribution in [-0.2, 0) is 0 Å². The quantitative estimate of drug-likeness (QED) is 0.522. The predicted molar refractivity (Wildman–Crippen MR) is 81.6 cm³/mol. The fourth-order valence-corrected chi connectivity index (χ4v) is 3.46. The van der Waals surface area contributed by atoms with Crippen molar-refractivity contribution in [2.75, 3.05) is 0 Å². The second kappa shape index (κ2) is 6.47. The van der Waals surface area contributed by atoms with Crippen molar-refractivity contribution in [2.45, 2.75) is 43.4 Å². The lowest BCUT2D eigenvalue weighted by molar-refractivity contribution is 0.101. The number of benzene rings is 1. The van der Waals surface area contributed by atoms with E-state index in [0.717, 1.165) is 5.56 Å². The molecule has 1 aromatic carbocycles. The van der Waals surface area contributed by atoms with Crippen LogP contribution in [0, 0.1) is 5.92 Å². The van der Waals surface area contributed by atoms with Crippen molar-refractivity contribution >= 4 is 40.6 Å². The van der Waals surface area contributed by atoms with Crippen molar-refractivity contribution in [1.82, 2.24) is 0 Å². The molecule has 1 aromatic rings. The SMILES string of the molecule is CC1CCCCC1c1ccc(C(=O)C(Cl)Cl)cc1Cl. The Morgan fingerprint density at radius 2 is 1.95 bits per heavy atom. The van der Waals surface area contributed by atoms with Gasteiger partial charge in [-0.25, -0.2) is 0 Å². The molecule has 0 aromatic heterocycles. The summed E-state index contributed by atoms with van der Waals surface area (Å²) in [5.41, 5.74) is 1.62. The van der Waals surface area contributed by atoms with Gasteiger partial charge in [-0.1, -0.05) is 73.1 Å². The molecule has 104 valence electrons. The van der Waals surface area contributed by atoms with E-state index in [9.17, 15) is 4.79 Å². The summed E-state index contributed by atoms with van der Waals surface area (Å²) < 4.78 is 0. The van der Waals surface area contributed by atoms with Crippen LogP contribution in [0.2, 0.25) is 5.02 Å². The minimum absolute atomic E-state index is 0.298. The van der Waals surface area contributed by atoms with Gasteiger partial charge in [0.2, 0.25) is 0 Å². The maximum atomic E-state index is 11.7. The second-order valence-corrected chi connectivity index (χ2v) is 6.77. The van der Waals surface area contributed by atoms with Gasteiger partial charge in [0, 0.05) is 10.6 Å². The molecule has 0 bridgehead atoms. The first-order valence-electron chi connectivity index (χ1n) is 6.62. The molecule has 4 heteroatoms. The van der Waals surface area contributed by atoms with Crippen molar-refractivity contribution in [3.05, 3.63) is 34.3 Å². The molecule has 2 unspecified atom stereocenters. The molecule has 0 aliphatic heterocycles. The largest absolute Gasteiger partial charge is 0.291 e. The number of carbonyl (C=O) groups excluding carboxylic acids is 1. The highest BCUT2D eigenvalue weighted by atomic mass is 35.5. The number of alkyl halides is 2. The molecule has 2 atom stereocenters. The normalized spacial score (nSPS) is 23.6. The van der Waals surface area contributed by atoms with Crippen LogP contribution >= 0.6 is 34.8 Å². The number of carbonyl (C=O) groups is 1. The van der Waals surface area contributed by atoms with E-state index in [-0.39, 0.29) is 5.78 Å². The average molecular weight is 320 g/mol. The molecule has 19 heavy (non-hydrogen) atoms. The molecule has 1 saturated carbocycles. The fraction of sp³-hybridized carbons (Fsp3) is 0.533. The van der Waals surface area contributed by atoms with E-state index in [2.05, 4.69) is 6.92 Å². The van der Waals surface area contributed by atoms with Crippen LogP contribution in [0.1, 0.15) is 54.4 Å². The van der Waals surface area contributed by atoms with Crippen LogP contribution in [0.25, 0.3) is 0 Å². The lowest BCUT2D eigenvalue weighted by Crippen LogP contribution is -2.16.